The first-order valence-corrected chi connectivity index (χ1v) is 4.87. The summed E-state index contributed by atoms with van der Waals surface area (Å²) in [5.41, 5.74) is 0.285. The summed E-state index contributed by atoms with van der Waals surface area (Å²) in [6, 6.07) is 5.23. The van der Waals surface area contributed by atoms with Crippen molar-refractivity contribution in [2.75, 3.05) is 0 Å². The SMILES string of the molecule is CC(C)(O)Cc1ccc(O)c(Br)c1. The molecule has 0 spiro atoms. The molecule has 72 valence electrons. The van der Waals surface area contributed by atoms with Crippen LogP contribution in [0.15, 0.2) is 22.7 Å². The highest BCUT2D eigenvalue weighted by Crippen LogP contribution is 2.25. The van der Waals surface area contributed by atoms with Crippen LogP contribution < -0.4 is 0 Å². The number of aromatic hydroxyl groups is 1. The first-order chi connectivity index (χ1) is 5.88. The van der Waals surface area contributed by atoms with Gasteiger partial charge in [0.2, 0.25) is 0 Å². The van der Waals surface area contributed by atoms with E-state index in [9.17, 15) is 10.2 Å². The molecule has 0 saturated heterocycles. The molecule has 0 heterocycles. The minimum Gasteiger partial charge on any atom is -0.507 e. The maximum atomic E-state index is 9.55. The molecule has 1 aromatic rings. The maximum Gasteiger partial charge on any atom is 0.129 e. The molecule has 2 N–H and O–H groups in total. The van der Waals surface area contributed by atoms with Gasteiger partial charge in [0.25, 0.3) is 0 Å². The average Bonchev–Trinajstić information content (AvgIpc) is 1.94. The zero-order chi connectivity index (χ0) is 10.1. The predicted molar refractivity (Wildman–Crippen MR) is 55.8 cm³/mol. The fourth-order valence-corrected chi connectivity index (χ4v) is 1.59. The van der Waals surface area contributed by atoms with Crippen LogP contribution in [0.3, 0.4) is 0 Å². The van der Waals surface area contributed by atoms with Gasteiger partial charge in [0.05, 0.1) is 10.1 Å². The highest BCUT2D eigenvalue weighted by Gasteiger charge is 2.13. The highest BCUT2D eigenvalue weighted by atomic mass is 79.9. The van der Waals surface area contributed by atoms with Gasteiger partial charge in [-0.2, -0.15) is 0 Å². The number of benzene rings is 1. The van der Waals surface area contributed by atoms with Gasteiger partial charge >= 0.3 is 0 Å². The lowest BCUT2D eigenvalue weighted by molar-refractivity contribution is 0.0809. The van der Waals surface area contributed by atoms with Crippen LogP contribution in [-0.4, -0.2) is 15.8 Å². The second-order valence-corrected chi connectivity index (χ2v) is 4.63. The van der Waals surface area contributed by atoms with Crippen LogP contribution in [-0.2, 0) is 6.42 Å². The Bertz CT molecular complexity index is 302. The first-order valence-electron chi connectivity index (χ1n) is 4.08. The number of aliphatic hydroxyl groups is 1. The topological polar surface area (TPSA) is 40.5 Å². The smallest absolute Gasteiger partial charge is 0.129 e. The van der Waals surface area contributed by atoms with E-state index in [1.165, 1.54) is 0 Å². The molecule has 0 aliphatic rings. The van der Waals surface area contributed by atoms with Gasteiger partial charge in [0.1, 0.15) is 5.75 Å². The molecule has 1 aromatic carbocycles. The molecule has 13 heavy (non-hydrogen) atoms. The molecule has 3 heteroatoms. The Morgan fingerprint density at radius 3 is 2.46 bits per heavy atom. The van der Waals surface area contributed by atoms with E-state index in [2.05, 4.69) is 15.9 Å². The molecule has 0 atom stereocenters. The van der Waals surface area contributed by atoms with Crippen molar-refractivity contribution in [2.45, 2.75) is 25.9 Å². The summed E-state index contributed by atoms with van der Waals surface area (Å²) in [4.78, 5) is 0. The van der Waals surface area contributed by atoms with Crippen molar-refractivity contribution in [2.24, 2.45) is 0 Å². The molecule has 0 saturated carbocycles. The maximum absolute atomic E-state index is 9.55. The zero-order valence-corrected chi connectivity index (χ0v) is 9.30. The lowest BCUT2D eigenvalue weighted by Crippen LogP contribution is -2.21. The third-order valence-corrected chi connectivity index (χ3v) is 2.28. The number of rotatable bonds is 2. The summed E-state index contributed by atoms with van der Waals surface area (Å²) in [5.74, 6) is 0.222. The number of halogens is 1. The van der Waals surface area contributed by atoms with Gasteiger partial charge in [0, 0.05) is 6.42 Å². The van der Waals surface area contributed by atoms with Crippen LogP contribution in [0.2, 0.25) is 0 Å². The van der Waals surface area contributed by atoms with Crippen LogP contribution in [0.1, 0.15) is 19.4 Å². The Balaban J connectivity index is 2.86. The van der Waals surface area contributed by atoms with Gasteiger partial charge in [-0.3, -0.25) is 0 Å². The first kappa shape index (κ1) is 10.5. The number of phenols is 1. The Morgan fingerprint density at radius 1 is 1.38 bits per heavy atom. The van der Waals surface area contributed by atoms with Crippen molar-refractivity contribution in [3.8, 4) is 5.75 Å². The Morgan fingerprint density at radius 2 is 2.00 bits per heavy atom. The third-order valence-electron chi connectivity index (χ3n) is 1.65. The normalized spacial score (nSPS) is 11.7. The van der Waals surface area contributed by atoms with Crippen molar-refractivity contribution in [3.05, 3.63) is 28.2 Å². The van der Waals surface area contributed by atoms with Gasteiger partial charge in [0.15, 0.2) is 0 Å². The van der Waals surface area contributed by atoms with Crippen LogP contribution >= 0.6 is 15.9 Å². The molecule has 0 aromatic heterocycles. The summed E-state index contributed by atoms with van der Waals surface area (Å²) in [6.45, 7) is 3.52. The van der Waals surface area contributed by atoms with E-state index in [0.717, 1.165) is 5.56 Å². The van der Waals surface area contributed by atoms with Gasteiger partial charge in [-0.05, 0) is 47.5 Å². The van der Waals surface area contributed by atoms with E-state index in [1.54, 1.807) is 26.0 Å². The number of phenolic OH excluding ortho intramolecular Hbond substituents is 1. The van der Waals surface area contributed by atoms with Crippen LogP contribution in [0.4, 0.5) is 0 Å². The molecule has 0 unspecified atom stereocenters. The van der Waals surface area contributed by atoms with E-state index < -0.39 is 5.60 Å². The Labute approximate surface area is 86.3 Å². The van der Waals surface area contributed by atoms with Crippen molar-refractivity contribution in [3.63, 3.8) is 0 Å². The number of hydrogen-bond donors (Lipinski definition) is 2. The minimum absolute atomic E-state index is 0.222. The summed E-state index contributed by atoms with van der Waals surface area (Å²) >= 11 is 3.22. The van der Waals surface area contributed by atoms with Crippen molar-refractivity contribution >= 4 is 15.9 Å². The van der Waals surface area contributed by atoms with Gasteiger partial charge in [-0.15, -0.1) is 0 Å². The zero-order valence-electron chi connectivity index (χ0n) is 7.71. The Kier molecular flexibility index (Phi) is 2.98. The van der Waals surface area contributed by atoms with Gasteiger partial charge < -0.3 is 10.2 Å². The summed E-state index contributed by atoms with van der Waals surface area (Å²) in [6.07, 6.45) is 0.575. The van der Waals surface area contributed by atoms with E-state index in [1.807, 2.05) is 6.07 Å². The van der Waals surface area contributed by atoms with E-state index >= 15 is 0 Å². The molecule has 0 aliphatic carbocycles. The second kappa shape index (κ2) is 3.68. The fraction of sp³-hybridized carbons (Fsp3) is 0.400. The van der Waals surface area contributed by atoms with Gasteiger partial charge in [-0.1, -0.05) is 6.07 Å². The molecular formula is C10H13BrO2. The standard InChI is InChI=1S/C10H13BrO2/c1-10(2,13)6-7-3-4-9(12)8(11)5-7/h3-5,12-13H,6H2,1-2H3. The minimum atomic E-state index is -0.712. The number of hydrogen-bond acceptors (Lipinski definition) is 2. The Hall–Kier alpha value is -0.540. The van der Waals surface area contributed by atoms with Crippen molar-refractivity contribution in [1.82, 2.24) is 0 Å². The molecule has 0 amide bonds. The van der Waals surface area contributed by atoms with E-state index in [4.69, 9.17) is 0 Å². The monoisotopic (exact) mass is 244 g/mol. The summed E-state index contributed by atoms with van der Waals surface area (Å²) in [7, 11) is 0. The van der Waals surface area contributed by atoms with Crippen LogP contribution in [0.25, 0.3) is 0 Å². The van der Waals surface area contributed by atoms with Crippen LogP contribution in [0, 0.1) is 0 Å². The molecule has 0 bridgehead atoms. The molecule has 1 rings (SSSR count). The molecule has 0 fully saturated rings. The fourth-order valence-electron chi connectivity index (χ4n) is 1.16. The summed E-state index contributed by atoms with van der Waals surface area (Å²) < 4.78 is 0.661. The molecule has 0 aliphatic heterocycles. The quantitative estimate of drug-likeness (QED) is 0.840. The molecular weight excluding hydrogens is 232 g/mol. The highest BCUT2D eigenvalue weighted by molar-refractivity contribution is 9.10. The molecule has 2 nitrogen and oxygen atoms in total. The summed E-state index contributed by atoms with van der Waals surface area (Å²) in [5, 5.41) is 18.8. The largest absolute Gasteiger partial charge is 0.507 e. The van der Waals surface area contributed by atoms with Crippen molar-refractivity contribution in [1.29, 1.82) is 0 Å². The van der Waals surface area contributed by atoms with E-state index in [-0.39, 0.29) is 5.75 Å². The average molecular weight is 245 g/mol. The third kappa shape index (κ3) is 3.36. The second-order valence-electron chi connectivity index (χ2n) is 3.77. The van der Waals surface area contributed by atoms with Crippen LogP contribution in [0.5, 0.6) is 5.75 Å². The van der Waals surface area contributed by atoms with Gasteiger partial charge in [-0.25, -0.2) is 0 Å². The lowest BCUT2D eigenvalue weighted by atomic mass is 9.99. The van der Waals surface area contributed by atoms with E-state index in [0.29, 0.717) is 10.9 Å². The predicted octanol–water partition coefficient (Wildman–Crippen LogP) is 2.47. The molecule has 0 radical (unpaired) electrons. The van der Waals surface area contributed by atoms with Crippen molar-refractivity contribution < 1.29 is 10.2 Å². The lowest BCUT2D eigenvalue weighted by Gasteiger charge is -2.17.